The Morgan fingerprint density at radius 3 is 1.88 bits per heavy atom. The Morgan fingerprint density at radius 1 is 1.00 bits per heavy atom. The average Bonchev–Trinajstić information content (AvgIpc) is 2.13. The lowest BCUT2D eigenvalue weighted by Crippen LogP contribution is -2.14. The fourth-order valence-electron chi connectivity index (χ4n) is 1.14. The van der Waals surface area contributed by atoms with E-state index in [-0.39, 0.29) is 12.4 Å². The molecule has 94 valence electrons. The zero-order valence-electron chi connectivity index (χ0n) is 7.79. The van der Waals surface area contributed by atoms with Crippen molar-refractivity contribution >= 4 is 22.2 Å². The second-order valence-corrected chi connectivity index (χ2v) is 3.89. The lowest BCUT2D eigenvalue weighted by Gasteiger charge is -2.14. The third-order valence-corrected chi connectivity index (χ3v) is 2.54. The van der Waals surface area contributed by atoms with E-state index < -0.39 is 33.5 Å². The first kappa shape index (κ1) is 14.0. The molecule has 0 heterocycles. The summed E-state index contributed by atoms with van der Waals surface area (Å²) in [6.07, 6.45) is -10.1. The third kappa shape index (κ3) is 2.99. The molecule has 1 aromatic carbocycles. The number of alkyl halides is 6. The van der Waals surface area contributed by atoms with Crippen LogP contribution in [0, 0.1) is 0 Å². The van der Waals surface area contributed by atoms with Crippen LogP contribution in [0.5, 0.6) is 0 Å². The van der Waals surface area contributed by atoms with Crippen LogP contribution in [0.1, 0.15) is 21.5 Å². The SMILES string of the molecule is O=Cc1c(Br)cc(C(F)(F)F)cc1C(F)(F)F. The van der Waals surface area contributed by atoms with Gasteiger partial charge in [0.05, 0.1) is 11.1 Å². The van der Waals surface area contributed by atoms with Gasteiger partial charge in [-0.05, 0) is 12.1 Å². The van der Waals surface area contributed by atoms with E-state index in [1.54, 1.807) is 0 Å². The Bertz CT molecular complexity index is 448. The van der Waals surface area contributed by atoms with Crippen molar-refractivity contribution in [3.8, 4) is 0 Å². The Hall–Kier alpha value is -1.05. The molecule has 0 spiro atoms. The molecule has 0 saturated heterocycles. The molecule has 1 rings (SSSR count). The smallest absolute Gasteiger partial charge is 0.298 e. The Kier molecular flexibility index (Phi) is 3.56. The molecule has 0 fully saturated rings. The number of hydrogen-bond acceptors (Lipinski definition) is 1. The Balaban J connectivity index is 3.56. The van der Waals surface area contributed by atoms with Gasteiger partial charge in [-0.3, -0.25) is 4.79 Å². The molecule has 0 aromatic heterocycles. The van der Waals surface area contributed by atoms with Crippen LogP contribution in [0.25, 0.3) is 0 Å². The number of aldehydes is 1. The van der Waals surface area contributed by atoms with Crippen molar-refractivity contribution in [1.29, 1.82) is 0 Å². The number of hydrogen-bond donors (Lipinski definition) is 0. The molecule has 0 aliphatic heterocycles. The van der Waals surface area contributed by atoms with Gasteiger partial charge in [-0.2, -0.15) is 26.3 Å². The van der Waals surface area contributed by atoms with Gasteiger partial charge in [0, 0.05) is 10.0 Å². The summed E-state index contributed by atoms with van der Waals surface area (Å²) < 4.78 is 73.6. The van der Waals surface area contributed by atoms with Crippen LogP contribution >= 0.6 is 15.9 Å². The van der Waals surface area contributed by atoms with Crippen molar-refractivity contribution in [2.45, 2.75) is 12.4 Å². The maximum absolute atomic E-state index is 12.4. The third-order valence-electron chi connectivity index (χ3n) is 1.88. The van der Waals surface area contributed by atoms with E-state index in [0.29, 0.717) is 6.07 Å². The van der Waals surface area contributed by atoms with Gasteiger partial charge in [-0.25, -0.2) is 0 Å². The molecule has 0 amide bonds. The van der Waals surface area contributed by atoms with Crippen LogP contribution in [0.3, 0.4) is 0 Å². The second kappa shape index (κ2) is 4.32. The van der Waals surface area contributed by atoms with Crippen molar-refractivity contribution in [3.63, 3.8) is 0 Å². The first-order valence-corrected chi connectivity index (χ1v) is 4.79. The molecule has 0 atom stereocenters. The van der Waals surface area contributed by atoms with E-state index >= 15 is 0 Å². The summed E-state index contributed by atoms with van der Waals surface area (Å²) in [5.41, 5.74) is -3.94. The zero-order chi connectivity index (χ0) is 13.4. The Labute approximate surface area is 99.5 Å². The predicted octanol–water partition coefficient (Wildman–Crippen LogP) is 4.30. The van der Waals surface area contributed by atoms with E-state index in [0.717, 1.165) is 0 Å². The highest BCUT2D eigenvalue weighted by Crippen LogP contribution is 2.39. The number of carbonyl (C=O) groups excluding carboxylic acids is 1. The molecule has 8 heteroatoms. The summed E-state index contributed by atoms with van der Waals surface area (Å²) in [6, 6.07) is 0.341. The molecule has 0 aliphatic carbocycles. The normalized spacial score (nSPS) is 12.6. The minimum Gasteiger partial charge on any atom is -0.298 e. The summed E-state index contributed by atoms with van der Waals surface area (Å²) in [5, 5.41) is 0. The lowest BCUT2D eigenvalue weighted by molar-refractivity contribution is -0.143. The summed E-state index contributed by atoms with van der Waals surface area (Å²) >= 11 is 2.51. The van der Waals surface area contributed by atoms with E-state index in [9.17, 15) is 31.1 Å². The highest BCUT2D eigenvalue weighted by atomic mass is 79.9. The molecule has 0 aliphatic rings. The van der Waals surface area contributed by atoms with Crippen molar-refractivity contribution < 1.29 is 31.1 Å². The van der Waals surface area contributed by atoms with Gasteiger partial charge >= 0.3 is 12.4 Å². The van der Waals surface area contributed by atoms with Crippen LogP contribution in [-0.2, 0) is 12.4 Å². The minimum atomic E-state index is -5.03. The molecule has 0 saturated carbocycles. The van der Waals surface area contributed by atoms with Crippen LogP contribution in [0.2, 0.25) is 0 Å². The molecule has 17 heavy (non-hydrogen) atoms. The highest BCUT2D eigenvalue weighted by molar-refractivity contribution is 9.10. The van der Waals surface area contributed by atoms with Gasteiger partial charge in [0.2, 0.25) is 0 Å². The molecular weight excluding hydrogens is 318 g/mol. The van der Waals surface area contributed by atoms with Gasteiger partial charge in [0.1, 0.15) is 0 Å². The van der Waals surface area contributed by atoms with Crippen molar-refractivity contribution in [2.24, 2.45) is 0 Å². The average molecular weight is 321 g/mol. The maximum atomic E-state index is 12.4. The monoisotopic (exact) mass is 320 g/mol. The van der Waals surface area contributed by atoms with Gasteiger partial charge in [-0.1, -0.05) is 15.9 Å². The molecule has 0 radical (unpaired) electrons. The summed E-state index contributed by atoms with van der Waals surface area (Å²) in [4.78, 5) is 10.4. The van der Waals surface area contributed by atoms with Gasteiger partial charge in [0.25, 0.3) is 0 Å². The molecule has 0 bridgehead atoms. The van der Waals surface area contributed by atoms with Crippen molar-refractivity contribution in [2.75, 3.05) is 0 Å². The topological polar surface area (TPSA) is 17.1 Å². The first-order valence-electron chi connectivity index (χ1n) is 4.00. The maximum Gasteiger partial charge on any atom is 0.417 e. The first-order chi connectivity index (χ1) is 7.57. The lowest BCUT2D eigenvalue weighted by atomic mass is 10.0. The summed E-state index contributed by atoms with van der Waals surface area (Å²) in [5.74, 6) is 0. The minimum absolute atomic E-state index is 0.0888. The van der Waals surface area contributed by atoms with Crippen LogP contribution < -0.4 is 0 Å². The zero-order valence-corrected chi connectivity index (χ0v) is 9.37. The number of halogens is 7. The van der Waals surface area contributed by atoms with Crippen LogP contribution in [-0.4, -0.2) is 6.29 Å². The number of benzene rings is 1. The van der Waals surface area contributed by atoms with E-state index in [1.807, 2.05) is 0 Å². The highest BCUT2D eigenvalue weighted by Gasteiger charge is 2.39. The van der Waals surface area contributed by atoms with E-state index in [2.05, 4.69) is 15.9 Å². The largest absolute Gasteiger partial charge is 0.417 e. The van der Waals surface area contributed by atoms with Crippen molar-refractivity contribution in [1.82, 2.24) is 0 Å². The predicted molar refractivity (Wildman–Crippen MR) is 49.5 cm³/mol. The van der Waals surface area contributed by atoms with Crippen LogP contribution in [0.4, 0.5) is 26.3 Å². The summed E-state index contributed by atoms with van der Waals surface area (Å²) in [6.45, 7) is 0. The number of rotatable bonds is 1. The quantitative estimate of drug-likeness (QED) is 0.557. The molecule has 0 unspecified atom stereocenters. The van der Waals surface area contributed by atoms with Gasteiger partial charge < -0.3 is 0 Å². The Morgan fingerprint density at radius 2 is 1.53 bits per heavy atom. The fraction of sp³-hybridized carbons (Fsp3) is 0.222. The molecule has 1 aromatic rings. The van der Waals surface area contributed by atoms with Crippen molar-refractivity contribution in [3.05, 3.63) is 33.3 Å². The standard InChI is InChI=1S/C9H3BrF6O/c10-7-2-4(8(11,12)13)1-6(5(7)3-17)9(14,15)16/h1-3H. The van der Waals surface area contributed by atoms with Gasteiger partial charge in [0.15, 0.2) is 6.29 Å². The van der Waals surface area contributed by atoms with Gasteiger partial charge in [-0.15, -0.1) is 0 Å². The molecule has 1 nitrogen and oxygen atoms in total. The summed E-state index contributed by atoms with van der Waals surface area (Å²) in [7, 11) is 0. The van der Waals surface area contributed by atoms with Crippen LogP contribution in [0.15, 0.2) is 16.6 Å². The molecular formula is C9H3BrF6O. The second-order valence-electron chi connectivity index (χ2n) is 3.03. The van der Waals surface area contributed by atoms with E-state index in [4.69, 9.17) is 0 Å². The number of carbonyl (C=O) groups is 1. The fourth-order valence-corrected chi connectivity index (χ4v) is 1.69. The molecule has 0 N–H and O–H groups in total. The van der Waals surface area contributed by atoms with E-state index in [1.165, 1.54) is 0 Å².